The van der Waals surface area contributed by atoms with Gasteiger partial charge in [-0.1, -0.05) is 39.3 Å². The fourth-order valence-corrected chi connectivity index (χ4v) is 4.68. The molecule has 1 fully saturated rings. The van der Waals surface area contributed by atoms with E-state index in [1.165, 1.54) is 19.3 Å². The van der Waals surface area contributed by atoms with Crippen molar-refractivity contribution < 1.29 is 4.43 Å². The van der Waals surface area contributed by atoms with Crippen molar-refractivity contribution in [2.75, 3.05) is 0 Å². The zero-order chi connectivity index (χ0) is 15.4. The van der Waals surface area contributed by atoms with E-state index in [0.29, 0.717) is 5.92 Å². The van der Waals surface area contributed by atoms with Gasteiger partial charge in [-0.2, -0.15) is 0 Å². The third-order valence-electron chi connectivity index (χ3n) is 5.26. The van der Waals surface area contributed by atoms with Crippen LogP contribution in [-0.4, -0.2) is 13.9 Å². The van der Waals surface area contributed by atoms with Gasteiger partial charge in [0.15, 0.2) is 8.32 Å². The molecule has 0 N–H and O–H groups in total. The first-order valence-corrected chi connectivity index (χ1v) is 11.0. The standard InChI is InChI=1S/C18H34OSi/c1-8-10-13-18(14-11-12-16(9-2)15-18)19-20(6,7)17(3,4)5/h8-9,16H,1-2,10-15H2,3-7H3/t16-,18-/m0/s1. The summed E-state index contributed by atoms with van der Waals surface area (Å²) in [5.41, 5.74) is 0.0638. The van der Waals surface area contributed by atoms with Gasteiger partial charge in [0, 0.05) is 0 Å². The second-order valence-electron chi connectivity index (χ2n) is 7.96. The largest absolute Gasteiger partial charge is 0.411 e. The molecular formula is C18H34OSi. The van der Waals surface area contributed by atoms with Gasteiger partial charge in [-0.3, -0.25) is 0 Å². The molecule has 0 aromatic rings. The first-order chi connectivity index (χ1) is 9.16. The summed E-state index contributed by atoms with van der Waals surface area (Å²) in [6.07, 6.45) is 11.2. The van der Waals surface area contributed by atoms with Gasteiger partial charge in [0.2, 0.25) is 0 Å². The maximum Gasteiger partial charge on any atom is 0.192 e. The molecule has 0 unspecified atom stereocenters. The van der Waals surface area contributed by atoms with Crippen LogP contribution in [-0.2, 0) is 4.43 Å². The summed E-state index contributed by atoms with van der Waals surface area (Å²) < 4.78 is 6.91. The normalized spacial score (nSPS) is 28.1. The number of hydrogen-bond acceptors (Lipinski definition) is 1. The van der Waals surface area contributed by atoms with Crippen molar-refractivity contribution in [1.82, 2.24) is 0 Å². The van der Waals surface area contributed by atoms with Gasteiger partial charge in [0.05, 0.1) is 5.60 Å². The summed E-state index contributed by atoms with van der Waals surface area (Å²) in [7, 11) is -1.73. The minimum absolute atomic E-state index is 0.0638. The summed E-state index contributed by atoms with van der Waals surface area (Å²) >= 11 is 0. The molecule has 0 aliphatic heterocycles. The quantitative estimate of drug-likeness (QED) is 0.425. The number of rotatable bonds is 6. The van der Waals surface area contributed by atoms with E-state index in [1.807, 2.05) is 6.08 Å². The molecule has 1 aliphatic carbocycles. The van der Waals surface area contributed by atoms with Gasteiger partial charge in [-0.15, -0.1) is 13.2 Å². The van der Waals surface area contributed by atoms with Crippen LogP contribution >= 0.6 is 0 Å². The zero-order valence-electron chi connectivity index (χ0n) is 14.3. The third-order valence-corrected chi connectivity index (χ3v) is 9.81. The van der Waals surface area contributed by atoms with Crippen molar-refractivity contribution in [3.8, 4) is 0 Å². The predicted octanol–water partition coefficient (Wildman–Crippen LogP) is 6.09. The highest BCUT2D eigenvalue weighted by atomic mass is 28.4. The Morgan fingerprint density at radius 1 is 1.30 bits per heavy atom. The SMILES string of the molecule is C=CCC[C@]1(O[Si](C)(C)C(C)(C)C)CCC[C@H](C=C)C1. The Balaban J connectivity index is 2.93. The van der Waals surface area contributed by atoms with E-state index in [0.717, 1.165) is 19.3 Å². The van der Waals surface area contributed by atoms with E-state index < -0.39 is 8.32 Å². The molecule has 1 rings (SSSR count). The Morgan fingerprint density at radius 2 is 1.95 bits per heavy atom. The van der Waals surface area contributed by atoms with E-state index >= 15 is 0 Å². The Hall–Kier alpha value is -0.343. The smallest absolute Gasteiger partial charge is 0.192 e. The summed E-state index contributed by atoms with van der Waals surface area (Å²) in [5.74, 6) is 0.623. The monoisotopic (exact) mass is 294 g/mol. The highest BCUT2D eigenvalue weighted by Gasteiger charge is 2.45. The average molecular weight is 295 g/mol. The van der Waals surface area contributed by atoms with Crippen molar-refractivity contribution >= 4 is 8.32 Å². The molecule has 0 bridgehead atoms. The molecule has 0 radical (unpaired) electrons. The highest BCUT2D eigenvalue weighted by molar-refractivity contribution is 6.74. The Morgan fingerprint density at radius 3 is 2.45 bits per heavy atom. The lowest BCUT2D eigenvalue weighted by molar-refractivity contribution is -0.00260. The minimum Gasteiger partial charge on any atom is -0.411 e. The molecule has 2 heteroatoms. The van der Waals surface area contributed by atoms with E-state index in [2.05, 4.69) is 53.1 Å². The average Bonchev–Trinajstić information content (AvgIpc) is 2.34. The molecule has 0 spiro atoms. The predicted molar refractivity (Wildman–Crippen MR) is 92.6 cm³/mol. The lowest BCUT2D eigenvalue weighted by atomic mass is 9.76. The molecule has 1 aliphatic rings. The van der Waals surface area contributed by atoms with Crippen molar-refractivity contribution in [2.45, 2.75) is 83.0 Å². The van der Waals surface area contributed by atoms with Gasteiger partial charge in [0.25, 0.3) is 0 Å². The minimum atomic E-state index is -1.73. The third kappa shape index (κ3) is 4.32. The van der Waals surface area contributed by atoms with Crippen LogP contribution in [0.1, 0.15) is 59.3 Å². The molecule has 0 amide bonds. The van der Waals surface area contributed by atoms with Crippen LogP contribution in [0, 0.1) is 5.92 Å². The van der Waals surface area contributed by atoms with Crippen LogP contribution in [0.5, 0.6) is 0 Å². The number of allylic oxidation sites excluding steroid dienone is 2. The Labute approximate surface area is 127 Å². The van der Waals surface area contributed by atoms with Crippen molar-refractivity contribution in [3.63, 3.8) is 0 Å². The second kappa shape index (κ2) is 6.61. The Bertz CT molecular complexity index is 340. The molecule has 0 aromatic heterocycles. The van der Waals surface area contributed by atoms with Crippen LogP contribution in [0.25, 0.3) is 0 Å². The summed E-state index contributed by atoms with van der Waals surface area (Å²) in [4.78, 5) is 0. The maximum atomic E-state index is 6.91. The van der Waals surface area contributed by atoms with Crippen molar-refractivity contribution in [3.05, 3.63) is 25.3 Å². The summed E-state index contributed by atoms with van der Waals surface area (Å²) in [6, 6.07) is 0. The van der Waals surface area contributed by atoms with Gasteiger partial charge in [-0.05, 0) is 56.2 Å². The maximum absolute atomic E-state index is 6.91. The van der Waals surface area contributed by atoms with Gasteiger partial charge in [-0.25, -0.2) is 0 Å². The van der Waals surface area contributed by atoms with Gasteiger partial charge in [0.1, 0.15) is 0 Å². The lowest BCUT2D eigenvalue weighted by Gasteiger charge is -2.49. The van der Waals surface area contributed by atoms with Crippen LogP contribution in [0.2, 0.25) is 18.1 Å². The van der Waals surface area contributed by atoms with Gasteiger partial charge >= 0.3 is 0 Å². The van der Waals surface area contributed by atoms with Crippen LogP contribution in [0.4, 0.5) is 0 Å². The van der Waals surface area contributed by atoms with E-state index in [9.17, 15) is 0 Å². The van der Waals surface area contributed by atoms with Crippen LogP contribution in [0.3, 0.4) is 0 Å². The second-order valence-corrected chi connectivity index (χ2v) is 12.7. The fraction of sp³-hybridized carbons (Fsp3) is 0.778. The van der Waals surface area contributed by atoms with E-state index in [4.69, 9.17) is 4.43 Å². The molecule has 2 atom stereocenters. The molecule has 116 valence electrons. The van der Waals surface area contributed by atoms with E-state index in [-0.39, 0.29) is 10.6 Å². The molecule has 0 saturated heterocycles. The Kier molecular flexibility index (Phi) is 5.86. The zero-order valence-corrected chi connectivity index (χ0v) is 15.3. The van der Waals surface area contributed by atoms with Crippen molar-refractivity contribution in [1.29, 1.82) is 0 Å². The van der Waals surface area contributed by atoms with Crippen LogP contribution < -0.4 is 0 Å². The molecule has 20 heavy (non-hydrogen) atoms. The molecular weight excluding hydrogens is 260 g/mol. The first-order valence-electron chi connectivity index (χ1n) is 8.09. The lowest BCUT2D eigenvalue weighted by Crippen LogP contribution is -2.51. The molecule has 1 saturated carbocycles. The summed E-state index contributed by atoms with van der Waals surface area (Å²) in [6.45, 7) is 19.6. The molecule has 0 heterocycles. The molecule has 0 aromatic carbocycles. The number of hydrogen-bond donors (Lipinski definition) is 0. The topological polar surface area (TPSA) is 9.23 Å². The highest BCUT2D eigenvalue weighted by Crippen LogP contribution is 2.46. The van der Waals surface area contributed by atoms with Crippen molar-refractivity contribution in [2.24, 2.45) is 5.92 Å². The van der Waals surface area contributed by atoms with E-state index in [1.54, 1.807) is 0 Å². The van der Waals surface area contributed by atoms with Gasteiger partial charge < -0.3 is 4.43 Å². The van der Waals surface area contributed by atoms with Crippen LogP contribution in [0.15, 0.2) is 25.3 Å². The fourth-order valence-electron chi connectivity index (χ4n) is 3.00. The first kappa shape index (κ1) is 17.7. The molecule has 1 nitrogen and oxygen atoms in total. The summed E-state index contributed by atoms with van der Waals surface area (Å²) in [5, 5.41) is 0.273.